The lowest BCUT2D eigenvalue weighted by molar-refractivity contribution is 0.0694. The average Bonchev–Trinajstić information content (AvgIpc) is 3.01. The number of hydrogen-bond donors (Lipinski definition) is 1. The fourth-order valence-corrected chi connectivity index (χ4v) is 2.90. The predicted molar refractivity (Wildman–Crippen MR) is 79.0 cm³/mol. The maximum Gasteiger partial charge on any atom is 0.339 e. The Kier molecular flexibility index (Phi) is 3.51. The molecule has 0 amide bonds. The second-order valence-electron chi connectivity index (χ2n) is 5.76. The summed E-state index contributed by atoms with van der Waals surface area (Å²) in [6, 6.07) is 8.51. The number of aromatic carboxylic acids is 1. The van der Waals surface area contributed by atoms with Gasteiger partial charge in [-0.15, -0.1) is 0 Å². The first-order chi connectivity index (χ1) is 10.1. The van der Waals surface area contributed by atoms with Crippen LogP contribution >= 0.6 is 0 Å². The van der Waals surface area contributed by atoms with Crippen LogP contribution in [0.4, 0.5) is 0 Å². The first kappa shape index (κ1) is 13.8. The van der Waals surface area contributed by atoms with Gasteiger partial charge in [0.05, 0.1) is 11.9 Å². The second-order valence-corrected chi connectivity index (χ2v) is 5.76. The second kappa shape index (κ2) is 5.33. The largest absolute Gasteiger partial charge is 0.478 e. The zero-order chi connectivity index (χ0) is 15.0. The number of fused-ring (bicyclic) bond motifs is 1. The lowest BCUT2D eigenvalue weighted by Crippen LogP contribution is -2.21. The van der Waals surface area contributed by atoms with Crippen LogP contribution < -0.4 is 0 Å². The number of carboxylic acids is 1. The Balaban J connectivity index is 1.86. The van der Waals surface area contributed by atoms with Gasteiger partial charge in [0.25, 0.3) is 0 Å². The zero-order valence-electron chi connectivity index (χ0n) is 12.3. The zero-order valence-corrected chi connectivity index (χ0v) is 12.3. The summed E-state index contributed by atoms with van der Waals surface area (Å²) >= 11 is 0. The third kappa shape index (κ3) is 2.56. The molecule has 0 spiro atoms. The molecule has 0 atom stereocenters. The molecule has 110 valence electrons. The lowest BCUT2D eigenvalue weighted by Gasteiger charge is -2.18. The summed E-state index contributed by atoms with van der Waals surface area (Å²) in [5.74, 6) is -0.909. The molecule has 2 heterocycles. The Labute approximate surface area is 123 Å². The maximum atomic E-state index is 11.4. The van der Waals surface area contributed by atoms with Gasteiger partial charge in [0.15, 0.2) is 0 Å². The van der Waals surface area contributed by atoms with Crippen molar-refractivity contribution in [2.75, 3.05) is 0 Å². The van der Waals surface area contributed by atoms with Crippen molar-refractivity contribution in [3.8, 4) is 0 Å². The molecule has 0 fully saturated rings. The summed E-state index contributed by atoms with van der Waals surface area (Å²) < 4.78 is 1.81. The van der Waals surface area contributed by atoms with Crippen LogP contribution in [0.3, 0.4) is 0 Å². The summed E-state index contributed by atoms with van der Waals surface area (Å²) in [5.41, 5.74) is 3.74. The van der Waals surface area contributed by atoms with Gasteiger partial charge in [-0.1, -0.05) is 24.3 Å². The van der Waals surface area contributed by atoms with Gasteiger partial charge in [-0.25, -0.2) is 4.79 Å². The first-order valence-corrected chi connectivity index (χ1v) is 7.15. The topological polar surface area (TPSA) is 58.4 Å². The maximum absolute atomic E-state index is 11.4. The first-order valence-electron chi connectivity index (χ1n) is 7.15. The van der Waals surface area contributed by atoms with Crippen LogP contribution in [-0.4, -0.2) is 25.8 Å². The molecule has 0 bridgehead atoms. The van der Waals surface area contributed by atoms with Crippen molar-refractivity contribution in [3.05, 3.63) is 52.8 Å². The highest BCUT2D eigenvalue weighted by molar-refractivity contribution is 5.88. The molecular weight excluding hydrogens is 266 g/mol. The van der Waals surface area contributed by atoms with Crippen LogP contribution in [0, 0.1) is 0 Å². The van der Waals surface area contributed by atoms with Gasteiger partial charge < -0.3 is 5.11 Å². The fraction of sp³-hybridized carbons (Fsp3) is 0.375. The molecule has 5 heteroatoms. The number of aromatic nitrogens is 2. The summed E-state index contributed by atoms with van der Waals surface area (Å²) in [6.45, 7) is 6.35. The summed E-state index contributed by atoms with van der Waals surface area (Å²) in [5, 5.41) is 13.6. The van der Waals surface area contributed by atoms with E-state index in [0.717, 1.165) is 18.8 Å². The molecule has 0 aliphatic carbocycles. The van der Waals surface area contributed by atoms with Crippen molar-refractivity contribution < 1.29 is 9.90 Å². The monoisotopic (exact) mass is 285 g/mol. The van der Waals surface area contributed by atoms with Gasteiger partial charge in [0.2, 0.25) is 0 Å². The van der Waals surface area contributed by atoms with Crippen LogP contribution in [0.25, 0.3) is 0 Å². The van der Waals surface area contributed by atoms with Crippen molar-refractivity contribution in [1.29, 1.82) is 0 Å². The fourth-order valence-electron chi connectivity index (χ4n) is 2.90. The molecule has 0 saturated heterocycles. The SMILES string of the molecule is CC(C)n1ncc(C(=O)O)c1CN1Cc2ccccc2C1. The molecule has 1 aromatic carbocycles. The molecule has 0 saturated carbocycles. The highest BCUT2D eigenvalue weighted by Gasteiger charge is 2.24. The Bertz CT molecular complexity index is 651. The number of hydrogen-bond acceptors (Lipinski definition) is 3. The third-order valence-corrected chi connectivity index (χ3v) is 3.90. The minimum atomic E-state index is -0.909. The molecule has 3 rings (SSSR count). The number of carboxylic acid groups (broad SMARTS) is 1. The third-order valence-electron chi connectivity index (χ3n) is 3.90. The molecule has 2 aromatic rings. The normalized spacial score (nSPS) is 14.6. The van der Waals surface area contributed by atoms with Crippen LogP contribution in [0.15, 0.2) is 30.5 Å². The van der Waals surface area contributed by atoms with E-state index >= 15 is 0 Å². The Morgan fingerprint density at radius 2 is 1.90 bits per heavy atom. The molecule has 1 N–H and O–H groups in total. The molecule has 1 aromatic heterocycles. The van der Waals surface area contributed by atoms with E-state index < -0.39 is 5.97 Å². The molecule has 0 radical (unpaired) electrons. The van der Waals surface area contributed by atoms with Crippen LogP contribution in [0.5, 0.6) is 0 Å². The Morgan fingerprint density at radius 3 is 2.43 bits per heavy atom. The van der Waals surface area contributed by atoms with Crippen molar-refractivity contribution in [3.63, 3.8) is 0 Å². The molecule has 1 aliphatic rings. The van der Waals surface area contributed by atoms with E-state index in [-0.39, 0.29) is 6.04 Å². The standard InChI is InChI=1S/C16H19N3O2/c1-11(2)19-15(14(7-17-19)16(20)21)10-18-8-12-5-3-4-6-13(12)9-18/h3-7,11H,8-10H2,1-2H3,(H,20,21). The van der Waals surface area contributed by atoms with E-state index in [2.05, 4.69) is 22.1 Å². The lowest BCUT2D eigenvalue weighted by atomic mass is 10.1. The molecule has 1 aliphatic heterocycles. The van der Waals surface area contributed by atoms with Crippen LogP contribution in [0.1, 0.15) is 47.1 Å². The summed E-state index contributed by atoms with van der Waals surface area (Å²) in [7, 11) is 0. The highest BCUT2D eigenvalue weighted by atomic mass is 16.4. The Morgan fingerprint density at radius 1 is 1.29 bits per heavy atom. The van der Waals surface area contributed by atoms with Gasteiger partial charge in [0.1, 0.15) is 5.56 Å². The number of rotatable bonds is 4. The molecule has 5 nitrogen and oxygen atoms in total. The van der Waals surface area contributed by atoms with E-state index in [1.807, 2.05) is 30.7 Å². The van der Waals surface area contributed by atoms with E-state index in [4.69, 9.17) is 0 Å². The molecule has 0 unspecified atom stereocenters. The smallest absolute Gasteiger partial charge is 0.339 e. The van der Waals surface area contributed by atoms with Gasteiger partial charge in [0, 0.05) is 25.7 Å². The van der Waals surface area contributed by atoms with E-state index in [1.54, 1.807) is 0 Å². The van der Waals surface area contributed by atoms with E-state index in [0.29, 0.717) is 12.1 Å². The van der Waals surface area contributed by atoms with E-state index in [1.165, 1.54) is 17.3 Å². The van der Waals surface area contributed by atoms with Gasteiger partial charge >= 0.3 is 5.97 Å². The van der Waals surface area contributed by atoms with Crippen LogP contribution in [0.2, 0.25) is 0 Å². The van der Waals surface area contributed by atoms with E-state index in [9.17, 15) is 9.90 Å². The van der Waals surface area contributed by atoms with Crippen molar-refractivity contribution in [2.24, 2.45) is 0 Å². The van der Waals surface area contributed by atoms with Gasteiger partial charge in [-0.05, 0) is 25.0 Å². The quantitative estimate of drug-likeness (QED) is 0.938. The average molecular weight is 285 g/mol. The van der Waals surface area contributed by atoms with Crippen molar-refractivity contribution in [2.45, 2.75) is 39.5 Å². The highest BCUT2D eigenvalue weighted by Crippen LogP contribution is 2.25. The minimum absolute atomic E-state index is 0.151. The van der Waals surface area contributed by atoms with Crippen molar-refractivity contribution in [1.82, 2.24) is 14.7 Å². The molecular formula is C16H19N3O2. The van der Waals surface area contributed by atoms with Crippen molar-refractivity contribution >= 4 is 5.97 Å². The van der Waals surface area contributed by atoms with Gasteiger partial charge in [-0.3, -0.25) is 9.58 Å². The number of benzene rings is 1. The summed E-state index contributed by atoms with van der Waals surface area (Å²) in [4.78, 5) is 13.6. The van der Waals surface area contributed by atoms with Gasteiger partial charge in [-0.2, -0.15) is 5.10 Å². The van der Waals surface area contributed by atoms with Crippen LogP contribution in [-0.2, 0) is 19.6 Å². The predicted octanol–water partition coefficient (Wildman–Crippen LogP) is 2.68. The Hall–Kier alpha value is -2.14. The minimum Gasteiger partial charge on any atom is -0.478 e. The number of carbonyl (C=O) groups is 1. The summed E-state index contributed by atoms with van der Waals surface area (Å²) in [6.07, 6.45) is 1.46. The molecule has 21 heavy (non-hydrogen) atoms. The number of nitrogens with zero attached hydrogens (tertiary/aromatic N) is 3.